The van der Waals surface area contributed by atoms with Gasteiger partial charge >= 0.3 is 5.69 Å². The lowest BCUT2D eigenvalue weighted by atomic mass is 9.98. The molecule has 0 atom stereocenters. The summed E-state index contributed by atoms with van der Waals surface area (Å²) in [5, 5.41) is 0. The maximum absolute atomic E-state index is 13.2. The monoisotopic (exact) mass is 683 g/mol. The van der Waals surface area contributed by atoms with Gasteiger partial charge in [-0.3, -0.25) is 9.13 Å². The summed E-state index contributed by atoms with van der Waals surface area (Å²) in [5.41, 5.74) is 11.8. The van der Waals surface area contributed by atoms with Crippen molar-refractivity contribution in [2.24, 2.45) is 7.05 Å². The molecule has 2 heterocycles. The van der Waals surface area contributed by atoms with E-state index in [1.165, 1.54) is 0 Å². The Kier molecular flexibility index (Phi) is 8.10. The van der Waals surface area contributed by atoms with Gasteiger partial charge in [0.15, 0.2) is 17.5 Å². The Morgan fingerprint density at radius 2 is 0.811 bits per heavy atom. The molecule has 0 radical (unpaired) electrons. The van der Waals surface area contributed by atoms with E-state index in [1.54, 1.807) is 9.13 Å². The second-order valence-corrected chi connectivity index (χ2v) is 13.0. The van der Waals surface area contributed by atoms with E-state index in [0.717, 1.165) is 66.8 Å². The average molecular weight is 684 g/mol. The number of nitrogens with zero attached hydrogens (tertiary/aromatic N) is 5. The molecule has 9 aromatic rings. The molecule has 0 N–H and O–H groups in total. The lowest BCUT2D eigenvalue weighted by Crippen LogP contribution is -2.20. The first-order valence-corrected chi connectivity index (χ1v) is 17.6. The van der Waals surface area contributed by atoms with Crippen LogP contribution in [0.3, 0.4) is 0 Å². The van der Waals surface area contributed by atoms with E-state index in [-0.39, 0.29) is 5.69 Å². The van der Waals surface area contributed by atoms with E-state index < -0.39 is 0 Å². The fraction of sp³-hybridized carbons (Fsp3) is 0.0213. The van der Waals surface area contributed by atoms with Crippen LogP contribution in [-0.4, -0.2) is 24.1 Å². The van der Waals surface area contributed by atoms with Crippen molar-refractivity contribution in [1.82, 2.24) is 24.1 Å². The molecule has 0 spiro atoms. The minimum absolute atomic E-state index is 0.0659. The van der Waals surface area contributed by atoms with Crippen molar-refractivity contribution < 1.29 is 0 Å². The molecule has 6 heteroatoms. The highest BCUT2D eigenvalue weighted by atomic mass is 16.1. The van der Waals surface area contributed by atoms with Crippen LogP contribution in [0.4, 0.5) is 0 Å². The number of aryl methyl sites for hydroxylation is 1. The van der Waals surface area contributed by atoms with Gasteiger partial charge in [0.2, 0.25) is 0 Å². The molecule has 7 aromatic carbocycles. The third-order valence-corrected chi connectivity index (χ3v) is 9.69. The normalized spacial score (nSPS) is 11.2. The van der Waals surface area contributed by atoms with Crippen LogP contribution >= 0.6 is 0 Å². The first kappa shape index (κ1) is 31.8. The summed E-state index contributed by atoms with van der Waals surface area (Å²) in [6.07, 6.45) is 0. The molecule has 9 rings (SSSR count). The molecular weight excluding hydrogens is 651 g/mol. The van der Waals surface area contributed by atoms with E-state index in [9.17, 15) is 4.79 Å². The molecule has 6 nitrogen and oxygen atoms in total. The molecule has 2 aromatic heterocycles. The van der Waals surface area contributed by atoms with E-state index in [1.807, 2.05) is 104 Å². The van der Waals surface area contributed by atoms with Crippen molar-refractivity contribution in [3.8, 4) is 73.2 Å². The standard InChI is InChI=1S/C47H33N5O/c1-51-42-30-29-38(31-43(42)52(47(51)53)39-17-9-4-10-18-39)34-23-21-32(22-24-34)33-25-27-37(28-26-33)45-48-44(36-15-7-3-8-16-36)49-46(50-45)41-20-12-11-19-40(41)35-13-5-2-6-14-35/h2-31H,1H3. The zero-order valence-electron chi connectivity index (χ0n) is 29.0. The van der Waals surface area contributed by atoms with E-state index >= 15 is 0 Å². The number of para-hydroxylation sites is 1. The summed E-state index contributed by atoms with van der Waals surface area (Å²) in [6, 6.07) is 61.5. The highest BCUT2D eigenvalue weighted by Gasteiger charge is 2.16. The molecular formula is C47H33N5O. The molecule has 0 amide bonds. The summed E-state index contributed by atoms with van der Waals surface area (Å²) in [4.78, 5) is 28.2. The van der Waals surface area contributed by atoms with Crippen LogP contribution in [0.1, 0.15) is 0 Å². The molecule has 0 saturated heterocycles. The van der Waals surface area contributed by atoms with Crippen LogP contribution < -0.4 is 5.69 Å². The third kappa shape index (κ3) is 6.02. The van der Waals surface area contributed by atoms with Gasteiger partial charge in [-0.15, -0.1) is 0 Å². The third-order valence-electron chi connectivity index (χ3n) is 9.69. The van der Waals surface area contributed by atoms with Gasteiger partial charge in [0.25, 0.3) is 0 Å². The fourth-order valence-electron chi connectivity index (χ4n) is 6.90. The minimum Gasteiger partial charge on any atom is -0.295 e. The summed E-state index contributed by atoms with van der Waals surface area (Å²) in [5.74, 6) is 1.87. The van der Waals surface area contributed by atoms with Gasteiger partial charge < -0.3 is 0 Å². The second kappa shape index (κ2) is 13.5. The van der Waals surface area contributed by atoms with Crippen LogP contribution in [0.15, 0.2) is 187 Å². The van der Waals surface area contributed by atoms with Crippen LogP contribution in [0, 0.1) is 0 Å². The molecule has 0 aliphatic rings. The Bertz CT molecular complexity index is 2770. The van der Waals surface area contributed by atoms with E-state index in [4.69, 9.17) is 15.0 Å². The predicted octanol–water partition coefficient (Wildman–Crippen LogP) is 10.5. The highest BCUT2D eigenvalue weighted by Crippen LogP contribution is 2.33. The zero-order valence-corrected chi connectivity index (χ0v) is 29.0. The van der Waals surface area contributed by atoms with Crippen molar-refractivity contribution in [2.75, 3.05) is 0 Å². The van der Waals surface area contributed by atoms with Gasteiger partial charge in [0.1, 0.15) is 0 Å². The number of benzene rings is 7. The van der Waals surface area contributed by atoms with Gasteiger partial charge in [-0.05, 0) is 57.6 Å². The van der Waals surface area contributed by atoms with Gasteiger partial charge in [0.05, 0.1) is 16.7 Å². The molecule has 0 aliphatic carbocycles. The van der Waals surface area contributed by atoms with Crippen molar-refractivity contribution in [3.05, 3.63) is 192 Å². The molecule has 252 valence electrons. The largest absolute Gasteiger partial charge is 0.333 e. The molecule has 0 bridgehead atoms. The maximum Gasteiger partial charge on any atom is 0.333 e. The predicted molar refractivity (Wildman–Crippen MR) is 215 cm³/mol. The topological polar surface area (TPSA) is 65.6 Å². The Morgan fingerprint density at radius 3 is 1.42 bits per heavy atom. The number of imidazole rings is 1. The lowest BCUT2D eigenvalue weighted by molar-refractivity contribution is 0.846. The van der Waals surface area contributed by atoms with Crippen LogP contribution in [0.25, 0.3) is 84.3 Å². The Morgan fingerprint density at radius 1 is 0.377 bits per heavy atom. The number of hydrogen-bond acceptors (Lipinski definition) is 4. The minimum atomic E-state index is -0.0659. The smallest absolute Gasteiger partial charge is 0.295 e. The zero-order chi connectivity index (χ0) is 35.7. The Balaban J connectivity index is 1.05. The molecule has 53 heavy (non-hydrogen) atoms. The van der Waals surface area contributed by atoms with Crippen LogP contribution in [-0.2, 0) is 7.05 Å². The van der Waals surface area contributed by atoms with Gasteiger partial charge in [-0.2, -0.15) is 0 Å². The van der Waals surface area contributed by atoms with E-state index in [2.05, 4.69) is 84.9 Å². The quantitative estimate of drug-likeness (QED) is 0.168. The van der Waals surface area contributed by atoms with Gasteiger partial charge in [-0.1, -0.05) is 158 Å². The van der Waals surface area contributed by atoms with Crippen molar-refractivity contribution in [2.45, 2.75) is 0 Å². The first-order chi connectivity index (χ1) is 26.1. The number of aromatic nitrogens is 5. The second-order valence-electron chi connectivity index (χ2n) is 13.0. The summed E-state index contributed by atoms with van der Waals surface area (Å²) in [7, 11) is 1.82. The fourth-order valence-corrected chi connectivity index (χ4v) is 6.90. The van der Waals surface area contributed by atoms with Crippen LogP contribution in [0.5, 0.6) is 0 Å². The molecule has 0 saturated carbocycles. The number of rotatable bonds is 7. The molecule has 0 fully saturated rings. The molecule has 0 aliphatic heterocycles. The van der Waals surface area contributed by atoms with Crippen molar-refractivity contribution in [1.29, 1.82) is 0 Å². The van der Waals surface area contributed by atoms with Crippen LogP contribution in [0.2, 0.25) is 0 Å². The number of hydrogen-bond donors (Lipinski definition) is 0. The van der Waals surface area contributed by atoms with Crippen molar-refractivity contribution >= 4 is 11.0 Å². The number of fused-ring (bicyclic) bond motifs is 1. The summed E-state index contributed by atoms with van der Waals surface area (Å²) in [6.45, 7) is 0. The lowest BCUT2D eigenvalue weighted by Gasteiger charge is -2.12. The highest BCUT2D eigenvalue weighted by molar-refractivity contribution is 5.85. The Labute approximate surface area is 307 Å². The average Bonchev–Trinajstić information content (AvgIpc) is 3.49. The Hall–Kier alpha value is -7.18. The SMILES string of the molecule is Cn1c(=O)n(-c2ccccc2)c2cc(-c3ccc(-c4ccc(-c5nc(-c6ccccc6)nc(-c6ccccc6-c6ccccc6)n5)cc4)cc3)ccc21. The van der Waals surface area contributed by atoms with Crippen molar-refractivity contribution in [3.63, 3.8) is 0 Å². The molecule has 0 unspecified atom stereocenters. The van der Waals surface area contributed by atoms with E-state index in [0.29, 0.717) is 17.5 Å². The van der Waals surface area contributed by atoms with Gasteiger partial charge in [0, 0.05) is 23.7 Å². The maximum atomic E-state index is 13.2. The van der Waals surface area contributed by atoms with Gasteiger partial charge in [-0.25, -0.2) is 19.7 Å². The summed E-state index contributed by atoms with van der Waals surface area (Å²) >= 11 is 0. The first-order valence-electron chi connectivity index (χ1n) is 17.6. The summed E-state index contributed by atoms with van der Waals surface area (Å²) < 4.78 is 3.47.